The smallest absolute Gasteiger partial charge is 0.266 e. The Balaban J connectivity index is 1.57. The summed E-state index contributed by atoms with van der Waals surface area (Å²) in [6.07, 6.45) is 4.06. The number of imide groups is 1. The van der Waals surface area contributed by atoms with Crippen LogP contribution in [-0.4, -0.2) is 23.5 Å². The van der Waals surface area contributed by atoms with Gasteiger partial charge in [-0.3, -0.25) is 14.4 Å². The molecular formula is C22H21ClN2O3. The van der Waals surface area contributed by atoms with Gasteiger partial charge in [0, 0.05) is 5.02 Å². The second-order valence-electron chi connectivity index (χ2n) is 7.79. The highest BCUT2D eigenvalue weighted by Crippen LogP contribution is 2.52. The first kappa shape index (κ1) is 17.7. The molecule has 2 aromatic rings. The zero-order valence-electron chi connectivity index (χ0n) is 15.4. The summed E-state index contributed by atoms with van der Waals surface area (Å²) in [7, 11) is 0. The number of halogens is 1. The second-order valence-corrected chi connectivity index (χ2v) is 8.22. The Morgan fingerprint density at radius 3 is 2.21 bits per heavy atom. The molecule has 2 amide bonds. The Hall–Kier alpha value is -2.37. The van der Waals surface area contributed by atoms with Gasteiger partial charge in [-0.25, -0.2) is 9.96 Å². The van der Waals surface area contributed by atoms with E-state index in [1.807, 2.05) is 47.5 Å². The van der Waals surface area contributed by atoms with E-state index >= 15 is 0 Å². The number of rotatable bonds is 2. The van der Waals surface area contributed by atoms with Crippen LogP contribution in [-0.2, 0) is 14.4 Å². The van der Waals surface area contributed by atoms with Gasteiger partial charge in [0.1, 0.15) is 5.92 Å². The molecule has 0 bridgehead atoms. The molecule has 28 heavy (non-hydrogen) atoms. The summed E-state index contributed by atoms with van der Waals surface area (Å²) < 4.78 is 0. The summed E-state index contributed by atoms with van der Waals surface area (Å²) in [5.74, 6) is -0.918. The summed E-state index contributed by atoms with van der Waals surface area (Å²) in [6.45, 7) is 0. The van der Waals surface area contributed by atoms with Crippen molar-refractivity contribution in [2.75, 3.05) is 9.96 Å². The van der Waals surface area contributed by atoms with Crippen molar-refractivity contribution in [1.82, 2.24) is 0 Å². The third kappa shape index (κ3) is 2.50. The molecule has 3 fully saturated rings. The SMILES string of the molecule is O=C1[C@@H]2[C@@H](ON(c3ccc(Cl)cc3)C23CCCCC3)C(=O)N1c1ccccc1. The Kier molecular flexibility index (Phi) is 4.18. The molecular weight excluding hydrogens is 376 g/mol. The van der Waals surface area contributed by atoms with Crippen molar-refractivity contribution in [3.63, 3.8) is 0 Å². The molecule has 0 unspecified atom stereocenters. The standard InChI is InChI=1S/C22H21ClN2O3/c23-15-9-11-17(12-10-15)25-22(13-5-2-6-14-22)18-19(28-25)21(27)24(20(18)26)16-7-3-1-4-8-16/h1,3-4,7-12,18-19H,2,5-6,13-14H2/t18-,19+/m0/s1. The number of hydrogen-bond donors (Lipinski definition) is 0. The van der Waals surface area contributed by atoms with Crippen LogP contribution in [0.3, 0.4) is 0 Å². The average Bonchev–Trinajstić information content (AvgIpc) is 3.17. The molecule has 6 heteroatoms. The van der Waals surface area contributed by atoms with Gasteiger partial charge in [0.15, 0.2) is 6.10 Å². The minimum atomic E-state index is -0.776. The van der Waals surface area contributed by atoms with Crippen LogP contribution in [0.5, 0.6) is 0 Å². The number of carbonyl (C=O) groups excluding carboxylic acids is 2. The highest BCUT2D eigenvalue weighted by Gasteiger charge is 2.66. The van der Waals surface area contributed by atoms with Gasteiger partial charge in [-0.2, -0.15) is 0 Å². The molecule has 3 aliphatic rings. The zero-order chi connectivity index (χ0) is 19.3. The third-order valence-corrected chi connectivity index (χ3v) is 6.50. The molecule has 2 aromatic carbocycles. The third-order valence-electron chi connectivity index (χ3n) is 6.25. The van der Waals surface area contributed by atoms with Crippen LogP contribution >= 0.6 is 11.6 Å². The lowest BCUT2D eigenvalue weighted by molar-refractivity contribution is -0.126. The Morgan fingerprint density at radius 2 is 1.54 bits per heavy atom. The molecule has 1 saturated carbocycles. The molecule has 2 atom stereocenters. The fourth-order valence-electron chi connectivity index (χ4n) is 5.01. The lowest BCUT2D eigenvalue weighted by Gasteiger charge is -2.43. The van der Waals surface area contributed by atoms with E-state index in [4.69, 9.17) is 16.4 Å². The van der Waals surface area contributed by atoms with Crippen molar-refractivity contribution in [2.45, 2.75) is 43.7 Å². The summed E-state index contributed by atoms with van der Waals surface area (Å²) >= 11 is 6.05. The van der Waals surface area contributed by atoms with E-state index < -0.39 is 17.6 Å². The van der Waals surface area contributed by atoms with Crippen LogP contribution in [0.2, 0.25) is 5.02 Å². The van der Waals surface area contributed by atoms with Crippen LogP contribution in [0, 0.1) is 5.92 Å². The minimum absolute atomic E-state index is 0.153. The molecule has 5 rings (SSSR count). The van der Waals surface area contributed by atoms with Crippen molar-refractivity contribution >= 4 is 34.8 Å². The molecule has 144 valence electrons. The number of amides is 2. The summed E-state index contributed by atoms with van der Waals surface area (Å²) in [5, 5.41) is 2.49. The largest absolute Gasteiger partial charge is 0.273 e. The lowest BCUT2D eigenvalue weighted by atomic mass is 9.71. The molecule has 2 heterocycles. The maximum Gasteiger partial charge on any atom is 0.266 e. The van der Waals surface area contributed by atoms with E-state index in [2.05, 4.69) is 0 Å². The highest BCUT2D eigenvalue weighted by molar-refractivity contribution is 6.30. The molecule has 2 saturated heterocycles. The predicted molar refractivity (Wildman–Crippen MR) is 107 cm³/mol. The van der Waals surface area contributed by atoms with Gasteiger partial charge in [0.25, 0.3) is 5.91 Å². The Labute approximate surface area is 168 Å². The molecule has 2 aliphatic heterocycles. The first-order chi connectivity index (χ1) is 13.6. The summed E-state index contributed by atoms with van der Waals surface area (Å²) in [5.41, 5.74) is 0.958. The maximum atomic E-state index is 13.5. The van der Waals surface area contributed by atoms with Crippen LogP contribution in [0.1, 0.15) is 32.1 Å². The number of para-hydroxylation sites is 1. The number of nitrogens with zero attached hydrogens (tertiary/aromatic N) is 2. The number of anilines is 2. The molecule has 5 nitrogen and oxygen atoms in total. The van der Waals surface area contributed by atoms with Gasteiger partial charge in [-0.05, 0) is 49.2 Å². The topological polar surface area (TPSA) is 49.9 Å². The number of carbonyl (C=O) groups is 2. The van der Waals surface area contributed by atoms with Crippen LogP contribution < -0.4 is 9.96 Å². The van der Waals surface area contributed by atoms with Gasteiger partial charge < -0.3 is 0 Å². The van der Waals surface area contributed by atoms with Crippen LogP contribution in [0.15, 0.2) is 54.6 Å². The molecule has 0 radical (unpaired) electrons. The molecule has 0 aromatic heterocycles. The molecule has 0 N–H and O–H groups in total. The van der Waals surface area contributed by atoms with Crippen LogP contribution in [0.25, 0.3) is 0 Å². The van der Waals surface area contributed by atoms with Gasteiger partial charge in [-0.1, -0.05) is 49.1 Å². The van der Waals surface area contributed by atoms with Crippen molar-refractivity contribution in [1.29, 1.82) is 0 Å². The number of hydrogen-bond acceptors (Lipinski definition) is 4. The van der Waals surface area contributed by atoms with Crippen molar-refractivity contribution < 1.29 is 14.4 Å². The zero-order valence-corrected chi connectivity index (χ0v) is 16.1. The number of hydroxylamine groups is 1. The van der Waals surface area contributed by atoms with E-state index in [-0.39, 0.29) is 11.8 Å². The van der Waals surface area contributed by atoms with Gasteiger partial charge in [-0.15, -0.1) is 0 Å². The van der Waals surface area contributed by atoms with Gasteiger partial charge in [0.2, 0.25) is 5.91 Å². The lowest BCUT2D eigenvalue weighted by Crippen LogP contribution is -2.53. The number of fused-ring (bicyclic) bond motifs is 2. The van der Waals surface area contributed by atoms with Gasteiger partial charge >= 0.3 is 0 Å². The van der Waals surface area contributed by atoms with E-state index in [1.54, 1.807) is 12.1 Å². The van der Waals surface area contributed by atoms with Crippen LogP contribution in [0.4, 0.5) is 11.4 Å². The normalized spacial score (nSPS) is 26.2. The quantitative estimate of drug-likeness (QED) is 0.708. The van der Waals surface area contributed by atoms with E-state index in [0.717, 1.165) is 37.8 Å². The van der Waals surface area contributed by atoms with Gasteiger partial charge in [0.05, 0.1) is 16.9 Å². The highest BCUT2D eigenvalue weighted by atomic mass is 35.5. The predicted octanol–water partition coefficient (Wildman–Crippen LogP) is 4.35. The monoisotopic (exact) mass is 396 g/mol. The summed E-state index contributed by atoms with van der Waals surface area (Å²) in [6, 6.07) is 16.5. The van der Waals surface area contributed by atoms with Crippen molar-refractivity contribution in [2.24, 2.45) is 5.92 Å². The Morgan fingerprint density at radius 1 is 0.857 bits per heavy atom. The fraction of sp³-hybridized carbons (Fsp3) is 0.364. The van der Waals surface area contributed by atoms with E-state index in [0.29, 0.717) is 10.7 Å². The van der Waals surface area contributed by atoms with Crippen molar-refractivity contribution in [3.8, 4) is 0 Å². The summed E-state index contributed by atoms with van der Waals surface area (Å²) in [4.78, 5) is 34.2. The fourth-order valence-corrected chi connectivity index (χ4v) is 5.14. The second kappa shape index (κ2) is 6.61. The van der Waals surface area contributed by atoms with Crippen molar-refractivity contribution in [3.05, 3.63) is 59.6 Å². The first-order valence-corrected chi connectivity index (χ1v) is 10.2. The van der Waals surface area contributed by atoms with E-state index in [1.165, 1.54) is 4.90 Å². The first-order valence-electron chi connectivity index (χ1n) is 9.77. The number of benzene rings is 2. The molecule has 1 aliphatic carbocycles. The Bertz CT molecular complexity index is 909. The van der Waals surface area contributed by atoms with E-state index in [9.17, 15) is 9.59 Å². The average molecular weight is 397 g/mol. The molecule has 1 spiro atoms. The minimum Gasteiger partial charge on any atom is -0.273 e. The maximum absolute atomic E-state index is 13.5.